The fraction of sp³-hybridized carbons (Fsp3) is 0.0714. The molecule has 0 N–H and O–H groups in total. The van der Waals surface area contributed by atoms with Gasteiger partial charge in [-0.05, 0) is 40.3 Å². The van der Waals surface area contributed by atoms with Crippen molar-refractivity contribution in [2.45, 2.75) is 6.61 Å². The zero-order valence-corrected chi connectivity index (χ0v) is 11.6. The second-order valence-electron chi connectivity index (χ2n) is 3.70. The summed E-state index contributed by atoms with van der Waals surface area (Å²) in [6, 6.07) is 12.3. The zero-order valence-electron chi connectivity index (χ0n) is 9.40. The van der Waals surface area contributed by atoms with E-state index in [1.165, 1.54) is 6.07 Å². The lowest BCUT2D eigenvalue weighted by atomic mass is 10.2. The number of hydrogen-bond acceptors (Lipinski definition) is 2. The Morgan fingerprint density at radius 2 is 1.94 bits per heavy atom. The smallest absolute Gasteiger partial charge is 0.166 e. The van der Waals surface area contributed by atoms with Gasteiger partial charge in [-0.2, -0.15) is 0 Å². The molecular weight excluding hydrogens is 346 g/mol. The van der Waals surface area contributed by atoms with Crippen LogP contribution >= 0.6 is 22.6 Å². The number of carbonyl (C=O) groups excluding carboxylic acids is 1. The monoisotopic (exact) mass is 356 g/mol. The average molecular weight is 356 g/mol. The van der Waals surface area contributed by atoms with E-state index in [-0.39, 0.29) is 17.9 Å². The minimum atomic E-state index is -0.514. The topological polar surface area (TPSA) is 26.3 Å². The van der Waals surface area contributed by atoms with Crippen molar-refractivity contribution >= 4 is 28.9 Å². The lowest BCUT2D eigenvalue weighted by molar-refractivity contribution is 0.111. The van der Waals surface area contributed by atoms with E-state index in [0.717, 1.165) is 5.56 Å². The lowest BCUT2D eigenvalue weighted by Crippen LogP contribution is -2.01. The summed E-state index contributed by atoms with van der Waals surface area (Å²) in [6.07, 6.45) is 0.603. The summed E-state index contributed by atoms with van der Waals surface area (Å²) in [7, 11) is 0. The quantitative estimate of drug-likeness (QED) is 0.615. The first-order valence-corrected chi connectivity index (χ1v) is 6.39. The van der Waals surface area contributed by atoms with Crippen molar-refractivity contribution in [3.63, 3.8) is 0 Å². The van der Waals surface area contributed by atoms with Crippen LogP contribution in [0.15, 0.2) is 42.5 Å². The predicted molar refractivity (Wildman–Crippen MR) is 75.3 cm³/mol. The van der Waals surface area contributed by atoms with Gasteiger partial charge in [0.15, 0.2) is 17.9 Å². The van der Waals surface area contributed by atoms with Crippen LogP contribution in [-0.2, 0) is 6.61 Å². The van der Waals surface area contributed by atoms with Crippen LogP contribution in [-0.4, -0.2) is 6.29 Å². The minimum Gasteiger partial charge on any atom is -0.485 e. The molecule has 18 heavy (non-hydrogen) atoms. The average Bonchev–Trinajstić information content (AvgIpc) is 2.38. The Labute approximate surface area is 118 Å². The first kappa shape index (κ1) is 13.0. The molecule has 92 valence electrons. The Kier molecular flexibility index (Phi) is 4.30. The molecule has 0 aliphatic rings. The van der Waals surface area contributed by atoms with Crippen LogP contribution in [0.2, 0.25) is 0 Å². The highest BCUT2D eigenvalue weighted by Crippen LogP contribution is 2.25. The van der Waals surface area contributed by atoms with E-state index < -0.39 is 5.82 Å². The number of halogens is 2. The first-order valence-electron chi connectivity index (χ1n) is 5.31. The standard InChI is InChI=1S/C14H10FIO2/c15-13-7-12(16)6-11(8-17)14(13)18-9-10-4-2-1-3-5-10/h1-8H,9H2. The van der Waals surface area contributed by atoms with Crippen LogP contribution in [0.1, 0.15) is 15.9 Å². The van der Waals surface area contributed by atoms with E-state index in [1.807, 2.05) is 52.9 Å². The van der Waals surface area contributed by atoms with Gasteiger partial charge in [0.25, 0.3) is 0 Å². The Morgan fingerprint density at radius 1 is 1.22 bits per heavy atom. The zero-order chi connectivity index (χ0) is 13.0. The van der Waals surface area contributed by atoms with Gasteiger partial charge in [0.1, 0.15) is 6.61 Å². The van der Waals surface area contributed by atoms with Crippen molar-refractivity contribution in [1.29, 1.82) is 0 Å². The molecule has 0 aromatic heterocycles. The molecule has 0 atom stereocenters. The van der Waals surface area contributed by atoms with E-state index >= 15 is 0 Å². The molecule has 0 heterocycles. The first-order chi connectivity index (χ1) is 8.70. The molecule has 0 saturated heterocycles. The molecule has 0 aliphatic heterocycles. The molecule has 0 unspecified atom stereocenters. The molecule has 0 aliphatic carbocycles. The molecule has 0 saturated carbocycles. The second kappa shape index (κ2) is 5.95. The van der Waals surface area contributed by atoms with E-state index in [0.29, 0.717) is 9.86 Å². The van der Waals surface area contributed by atoms with Gasteiger partial charge in [-0.25, -0.2) is 4.39 Å². The number of rotatable bonds is 4. The molecule has 0 fully saturated rings. The van der Waals surface area contributed by atoms with Crippen LogP contribution in [0.25, 0.3) is 0 Å². The van der Waals surface area contributed by atoms with Gasteiger partial charge in [0.2, 0.25) is 0 Å². The Morgan fingerprint density at radius 3 is 2.61 bits per heavy atom. The minimum absolute atomic E-state index is 0.00858. The molecule has 2 aromatic rings. The molecule has 2 aromatic carbocycles. The fourth-order valence-corrected chi connectivity index (χ4v) is 2.16. The van der Waals surface area contributed by atoms with Crippen LogP contribution in [0, 0.1) is 9.39 Å². The Balaban J connectivity index is 2.21. The van der Waals surface area contributed by atoms with Crippen molar-refractivity contribution in [1.82, 2.24) is 0 Å². The number of carbonyl (C=O) groups is 1. The van der Waals surface area contributed by atoms with Gasteiger partial charge in [0, 0.05) is 3.57 Å². The summed E-state index contributed by atoms with van der Waals surface area (Å²) < 4.78 is 19.8. The highest BCUT2D eigenvalue weighted by molar-refractivity contribution is 14.1. The highest BCUT2D eigenvalue weighted by atomic mass is 127. The molecule has 2 nitrogen and oxygen atoms in total. The number of ether oxygens (including phenoxy) is 1. The molecule has 4 heteroatoms. The molecule has 2 rings (SSSR count). The van der Waals surface area contributed by atoms with Gasteiger partial charge >= 0.3 is 0 Å². The summed E-state index contributed by atoms with van der Waals surface area (Å²) in [5.74, 6) is -0.505. The summed E-state index contributed by atoms with van der Waals surface area (Å²) >= 11 is 1.96. The molecule has 0 radical (unpaired) electrons. The predicted octanol–water partition coefficient (Wildman–Crippen LogP) is 3.82. The fourth-order valence-electron chi connectivity index (χ4n) is 1.55. The SMILES string of the molecule is O=Cc1cc(I)cc(F)c1OCc1ccccc1. The number of benzene rings is 2. The maximum absolute atomic E-state index is 13.7. The molecule has 0 amide bonds. The molecule has 0 bridgehead atoms. The Bertz CT molecular complexity index is 555. The van der Waals surface area contributed by atoms with E-state index in [4.69, 9.17) is 4.74 Å². The van der Waals surface area contributed by atoms with Crippen molar-refractivity contribution < 1.29 is 13.9 Å². The number of hydrogen-bond donors (Lipinski definition) is 0. The van der Waals surface area contributed by atoms with Gasteiger partial charge in [-0.1, -0.05) is 30.3 Å². The third kappa shape index (κ3) is 3.07. The van der Waals surface area contributed by atoms with Gasteiger partial charge in [-0.15, -0.1) is 0 Å². The number of aldehydes is 1. The third-order valence-corrected chi connectivity index (χ3v) is 3.01. The van der Waals surface area contributed by atoms with Gasteiger partial charge < -0.3 is 4.74 Å². The summed E-state index contributed by atoms with van der Waals surface area (Å²) in [4.78, 5) is 10.9. The maximum Gasteiger partial charge on any atom is 0.166 e. The molecule has 0 spiro atoms. The Hall–Kier alpha value is -1.43. The maximum atomic E-state index is 13.7. The van der Waals surface area contributed by atoms with Gasteiger partial charge in [-0.3, -0.25) is 4.79 Å². The second-order valence-corrected chi connectivity index (χ2v) is 4.94. The van der Waals surface area contributed by atoms with Crippen LogP contribution in [0.4, 0.5) is 4.39 Å². The van der Waals surface area contributed by atoms with Crippen molar-refractivity contribution in [3.8, 4) is 5.75 Å². The summed E-state index contributed by atoms with van der Waals surface area (Å²) in [5, 5.41) is 0. The normalized spacial score (nSPS) is 10.1. The lowest BCUT2D eigenvalue weighted by Gasteiger charge is -2.10. The van der Waals surface area contributed by atoms with Crippen molar-refractivity contribution in [3.05, 3.63) is 63.0 Å². The molecular formula is C14H10FIO2. The van der Waals surface area contributed by atoms with E-state index in [9.17, 15) is 9.18 Å². The van der Waals surface area contributed by atoms with E-state index in [1.54, 1.807) is 6.07 Å². The van der Waals surface area contributed by atoms with Crippen molar-refractivity contribution in [2.75, 3.05) is 0 Å². The van der Waals surface area contributed by atoms with Crippen LogP contribution in [0.5, 0.6) is 5.75 Å². The van der Waals surface area contributed by atoms with Crippen molar-refractivity contribution in [2.24, 2.45) is 0 Å². The van der Waals surface area contributed by atoms with E-state index in [2.05, 4.69) is 0 Å². The highest BCUT2D eigenvalue weighted by Gasteiger charge is 2.11. The third-order valence-electron chi connectivity index (χ3n) is 2.39. The van der Waals surface area contributed by atoms with Crippen LogP contribution < -0.4 is 4.74 Å². The summed E-state index contributed by atoms with van der Waals surface area (Å²) in [6.45, 7) is 0.235. The van der Waals surface area contributed by atoms with Crippen LogP contribution in [0.3, 0.4) is 0 Å². The summed E-state index contributed by atoms with van der Waals surface area (Å²) in [5.41, 5.74) is 1.16. The largest absolute Gasteiger partial charge is 0.485 e. The van der Waals surface area contributed by atoms with Gasteiger partial charge in [0.05, 0.1) is 5.56 Å².